The maximum Gasteiger partial charge on any atom is 0.0857 e. The van der Waals surface area contributed by atoms with Crippen LogP contribution in [-0.2, 0) is 36.8 Å². The lowest BCUT2D eigenvalue weighted by Crippen LogP contribution is -2.34. The number of rotatable bonds is 6. The second-order valence-corrected chi connectivity index (χ2v) is 8.67. The molecule has 1 aliphatic carbocycles. The first-order chi connectivity index (χ1) is 14.1. The summed E-state index contributed by atoms with van der Waals surface area (Å²) in [6.07, 6.45) is 6.87. The maximum atomic E-state index is 10.4. The standard InChI is InChI=1S/C26H34O3/c1-3-17-8-10-18(11-9-17)12-19-13-25(22(4-2)24-7-5-6-23(19)24)26-15-20(28)14-21(16-27)29-26/h8-11,13,20-21,26-28H,3-7,12,14-16H2,1-2H3. The Balaban J connectivity index is 1.72. The van der Waals surface area contributed by atoms with E-state index in [-0.39, 0.29) is 18.8 Å². The molecule has 0 aromatic heterocycles. The summed E-state index contributed by atoms with van der Waals surface area (Å²) >= 11 is 0. The van der Waals surface area contributed by atoms with Gasteiger partial charge in [0, 0.05) is 12.8 Å². The zero-order valence-electron chi connectivity index (χ0n) is 17.8. The van der Waals surface area contributed by atoms with Crippen molar-refractivity contribution >= 4 is 0 Å². The van der Waals surface area contributed by atoms with Crippen LogP contribution in [0.5, 0.6) is 0 Å². The minimum atomic E-state index is -0.408. The first-order valence-electron chi connectivity index (χ1n) is 11.3. The molecule has 2 aromatic rings. The van der Waals surface area contributed by atoms with Crippen LogP contribution in [-0.4, -0.2) is 29.0 Å². The first-order valence-corrected chi connectivity index (χ1v) is 11.3. The summed E-state index contributed by atoms with van der Waals surface area (Å²) < 4.78 is 6.22. The second-order valence-electron chi connectivity index (χ2n) is 8.67. The molecule has 3 atom stereocenters. The van der Waals surface area contributed by atoms with Crippen LogP contribution < -0.4 is 0 Å². The molecule has 0 spiro atoms. The van der Waals surface area contributed by atoms with E-state index in [4.69, 9.17) is 4.74 Å². The van der Waals surface area contributed by atoms with Gasteiger partial charge in [0.05, 0.1) is 24.9 Å². The van der Waals surface area contributed by atoms with Crippen LogP contribution in [0.1, 0.15) is 78.2 Å². The molecule has 0 radical (unpaired) electrons. The van der Waals surface area contributed by atoms with Gasteiger partial charge in [0.25, 0.3) is 0 Å². The third kappa shape index (κ3) is 4.28. The highest BCUT2D eigenvalue weighted by Gasteiger charge is 2.32. The van der Waals surface area contributed by atoms with Crippen LogP contribution in [0.3, 0.4) is 0 Å². The molecule has 2 aromatic carbocycles. The lowest BCUT2D eigenvalue weighted by atomic mass is 9.84. The van der Waals surface area contributed by atoms with Crippen LogP contribution in [0.4, 0.5) is 0 Å². The zero-order valence-corrected chi connectivity index (χ0v) is 17.8. The minimum absolute atomic E-state index is 0.0312. The fourth-order valence-electron chi connectivity index (χ4n) is 5.25. The summed E-state index contributed by atoms with van der Waals surface area (Å²) in [7, 11) is 0. The molecule has 3 unspecified atom stereocenters. The van der Waals surface area contributed by atoms with Crippen LogP contribution >= 0.6 is 0 Å². The third-order valence-electron chi connectivity index (χ3n) is 6.76. The van der Waals surface area contributed by atoms with E-state index in [0.29, 0.717) is 12.8 Å². The summed E-state index contributed by atoms with van der Waals surface area (Å²) in [4.78, 5) is 0. The second kappa shape index (κ2) is 8.99. The predicted molar refractivity (Wildman–Crippen MR) is 116 cm³/mol. The van der Waals surface area contributed by atoms with Gasteiger partial charge in [-0.25, -0.2) is 0 Å². The number of aliphatic hydroxyl groups excluding tert-OH is 2. The number of fused-ring (bicyclic) bond motifs is 1. The molecular weight excluding hydrogens is 360 g/mol. The quantitative estimate of drug-likeness (QED) is 0.760. The van der Waals surface area contributed by atoms with Gasteiger partial charge in [-0.1, -0.05) is 44.2 Å². The van der Waals surface area contributed by atoms with Gasteiger partial charge >= 0.3 is 0 Å². The van der Waals surface area contributed by atoms with Gasteiger partial charge in [-0.05, 0) is 77.5 Å². The van der Waals surface area contributed by atoms with E-state index in [2.05, 4.69) is 44.2 Å². The van der Waals surface area contributed by atoms with Crippen LogP contribution in [0.2, 0.25) is 0 Å². The Morgan fingerprint density at radius 3 is 2.38 bits per heavy atom. The lowest BCUT2D eigenvalue weighted by molar-refractivity contribution is -0.114. The Hall–Kier alpha value is -1.68. The summed E-state index contributed by atoms with van der Waals surface area (Å²) in [6.45, 7) is 4.38. The average molecular weight is 395 g/mol. The molecule has 2 N–H and O–H groups in total. The molecule has 2 aliphatic rings. The van der Waals surface area contributed by atoms with Crippen molar-refractivity contribution in [3.63, 3.8) is 0 Å². The first kappa shape index (κ1) is 20.6. The Morgan fingerprint density at radius 2 is 1.69 bits per heavy atom. The number of aryl methyl sites for hydroxylation is 1. The summed E-state index contributed by atoms with van der Waals surface area (Å²) in [5.74, 6) is 0. The molecule has 1 fully saturated rings. The smallest absolute Gasteiger partial charge is 0.0857 e. The van der Waals surface area contributed by atoms with Crippen molar-refractivity contribution in [2.24, 2.45) is 0 Å². The Labute approximate surface area is 174 Å². The Kier molecular flexibility index (Phi) is 6.38. The zero-order chi connectivity index (χ0) is 20.4. The minimum Gasteiger partial charge on any atom is -0.394 e. The van der Waals surface area contributed by atoms with Crippen molar-refractivity contribution in [2.75, 3.05) is 6.61 Å². The van der Waals surface area contributed by atoms with Crippen molar-refractivity contribution in [1.29, 1.82) is 0 Å². The molecule has 156 valence electrons. The molecule has 1 heterocycles. The van der Waals surface area contributed by atoms with Crippen molar-refractivity contribution in [3.05, 3.63) is 69.3 Å². The largest absolute Gasteiger partial charge is 0.394 e. The van der Waals surface area contributed by atoms with Gasteiger partial charge in [-0.2, -0.15) is 0 Å². The number of hydrogen-bond donors (Lipinski definition) is 2. The molecule has 4 rings (SSSR count). The highest BCUT2D eigenvalue weighted by Crippen LogP contribution is 2.40. The van der Waals surface area contributed by atoms with Crippen molar-refractivity contribution < 1.29 is 14.9 Å². The monoisotopic (exact) mass is 394 g/mol. The SMILES string of the molecule is CCc1ccc(Cc2cc(C3CC(O)CC(CO)O3)c(CC)c3c2CCC3)cc1. The molecular formula is C26H34O3. The normalized spacial score (nSPS) is 23.9. The highest BCUT2D eigenvalue weighted by atomic mass is 16.5. The predicted octanol–water partition coefficient (Wildman–Crippen LogP) is 4.46. The Bertz CT molecular complexity index is 840. The highest BCUT2D eigenvalue weighted by molar-refractivity contribution is 5.51. The summed E-state index contributed by atoms with van der Waals surface area (Å²) in [5.41, 5.74) is 9.86. The van der Waals surface area contributed by atoms with Crippen LogP contribution in [0.25, 0.3) is 0 Å². The van der Waals surface area contributed by atoms with E-state index in [1.165, 1.54) is 46.2 Å². The van der Waals surface area contributed by atoms with Gasteiger partial charge < -0.3 is 14.9 Å². The molecule has 3 heteroatoms. The number of benzene rings is 2. The average Bonchev–Trinajstić information content (AvgIpc) is 3.23. The molecule has 1 aliphatic heterocycles. The van der Waals surface area contributed by atoms with Gasteiger partial charge in [0.2, 0.25) is 0 Å². The fourth-order valence-corrected chi connectivity index (χ4v) is 5.25. The van der Waals surface area contributed by atoms with E-state index in [1.54, 1.807) is 5.56 Å². The van der Waals surface area contributed by atoms with Crippen molar-refractivity contribution in [2.45, 2.75) is 83.5 Å². The van der Waals surface area contributed by atoms with Crippen LogP contribution in [0.15, 0.2) is 30.3 Å². The van der Waals surface area contributed by atoms with Gasteiger partial charge in [-0.3, -0.25) is 0 Å². The number of aliphatic hydroxyl groups is 2. The topological polar surface area (TPSA) is 49.7 Å². The maximum absolute atomic E-state index is 10.4. The Morgan fingerprint density at radius 1 is 0.966 bits per heavy atom. The van der Waals surface area contributed by atoms with Crippen molar-refractivity contribution in [3.8, 4) is 0 Å². The molecule has 3 nitrogen and oxygen atoms in total. The molecule has 0 saturated carbocycles. The summed E-state index contributed by atoms with van der Waals surface area (Å²) in [5, 5.41) is 20.0. The summed E-state index contributed by atoms with van der Waals surface area (Å²) in [6, 6.07) is 11.4. The molecule has 1 saturated heterocycles. The van der Waals surface area contributed by atoms with E-state index in [9.17, 15) is 10.2 Å². The van der Waals surface area contributed by atoms with E-state index in [1.807, 2.05) is 0 Å². The van der Waals surface area contributed by atoms with Gasteiger partial charge in [-0.15, -0.1) is 0 Å². The van der Waals surface area contributed by atoms with E-state index in [0.717, 1.165) is 25.7 Å². The molecule has 29 heavy (non-hydrogen) atoms. The number of hydrogen-bond acceptors (Lipinski definition) is 3. The van der Waals surface area contributed by atoms with E-state index < -0.39 is 6.10 Å². The van der Waals surface area contributed by atoms with E-state index >= 15 is 0 Å². The van der Waals surface area contributed by atoms with Crippen molar-refractivity contribution in [1.82, 2.24) is 0 Å². The van der Waals surface area contributed by atoms with Crippen LogP contribution in [0, 0.1) is 0 Å². The fraction of sp³-hybridized carbons (Fsp3) is 0.538. The molecule has 0 bridgehead atoms. The van der Waals surface area contributed by atoms with Gasteiger partial charge in [0.1, 0.15) is 0 Å². The van der Waals surface area contributed by atoms with Gasteiger partial charge in [0.15, 0.2) is 0 Å². The lowest BCUT2D eigenvalue weighted by Gasteiger charge is -2.34. The molecule has 0 amide bonds. The third-order valence-corrected chi connectivity index (χ3v) is 6.76. The number of ether oxygens (including phenoxy) is 1.